The molecule has 0 aliphatic rings. The summed E-state index contributed by atoms with van der Waals surface area (Å²) in [6.07, 6.45) is -0.926. The summed E-state index contributed by atoms with van der Waals surface area (Å²) in [6.45, 7) is 3.55. The van der Waals surface area contributed by atoms with Crippen LogP contribution in [0, 0.1) is 5.92 Å². The van der Waals surface area contributed by atoms with E-state index in [1.807, 2.05) is 0 Å². The molecule has 0 aromatic heterocycles. The topological polar surface area (TPSA) is 54.4 Å². The SMILES string of the molecule is CC(C)C(O)C(Br)S(=O)(=O)c1ccccc1. The fourth-order valence-electron chi connectivity index (χ4n) is 1.23. The Labute approximate surface area is 105 Å². The highest BCUT2D eigenvalue weighted by Crippen LogP contribution is 2.25. The number of halogens is 1. The van der Waals surface area contributed by atoms with Gasteiger partial charge in [0.05, 0.1) is 11.0 Å². The van der Waals surface area contributed by atoms with E-state index in [1.54, 1.807) is 32.0 Å². The number of sulfone groups is 1. The van der Waals surface area contributed by atoms with Crippen molar-refractivity contribution in [3.05, 3.63) is 30.3 Å². The van der Waals surface area contributed by atoms with Gasteiger partial charge in [0.25, 0.3) is 0 Å². The van der Waals surface area contributed by atoms with E-state index in [1.165, 1.54) is 12.1 Å². The molecule has 0 heterocycles. The smallest absolute Gasteiger partial charge is 0.193 e. The van der Waals surface area contributed by atoms with Crippen LogP contribution in [0.25, 0.3) is 0 Å². The average molecular weight is 307 g/mol. The zero-order valence-electron chi connectivity index (χ0n) is 9.17. The van der Waals surface area contributed by atoms with Crippen molar-refractivity contribution in [1.82, 2.24) is 0 Å². The fourth-order valence-corrected chi connectivity index (χ4v) is 3.96. The molecule has 0 saturated heterocycles. The quantitative estimate of drug-likeness (QED) is 0.868. The minimum Gasteiger partial charge on any atom is -0.391 e. The molecule has 1 N–H and O–H groups in total. The van der Waals surface area contributed by atoms with E-state index in [-0.39, 0.29) is 10.8 Å². The van der Waals surface area contributed by atoms with Crippen molar-refractivity contribution in [3.63, 3.8) is 0 Å². The van der Waals surface area contributed by atoms with Gasteiger partial charge in [-0.2, -0.15) is 0 Å². The lowest BCUT2D eigenvalue weighted by Crippen LogP contribution is -2.32. The highest BCUT2D eigenvalue weighted by Gasteiger charge is 2.32. The summed E-state index contributed by atoms with van der Waals surface area (Å²) >= 11 is 3.06. The summed E-state index contributed by atoms with van der Waals surface area (Å²) in [7, 11) is -3.52. The van der Waals surface area contributed by atoms with Crippen molar-refractivity contribution in [1.29, 1.82) is 0 Å². The monoisotopic (exact) mass is 306 g/mol. The number of aliphatic hydroxyl groups excluding tert-OH is 1. The van der Waals surface area contributed by atoms with Crippen LogP contribution in [0.1, 0.15) is 13.8 Å². The normalized spacial score (nSPS) is 16.1. The molecule has 0 aliphatic heterocycles. The maximum Gasteiger partial charge on any atom is 0.193 e. The number of benzene rings is 1. The summed E-state index contributed by atoms with van der Waals surface area (Å²) in [5, 5.41) is 9.77. The van der Waals surface area contributed by atoms with E-state index in [4.69, 9.17) is 0 Å². The maximum atomic E-state index is 12.1. The second kappa shape index (κ2) is 5.29. The Kier molecular flexibility index (Phi) is 4.52. The summed E-state index contributed by atoms with van der Waals surface area (Å²) in [5.74, 6) is -0.122. The van der Waals surface area contributed by atoms with Crippen molar-refractivity contribution in [2.75, 3.05) is 0 Å². The number of rotatable bonds is 4. The first-order valence-corrected chi connectivity index (χ1v) is 7.44. The third kappa shape index (κ3) is 2.84. The molecule has 16 heavy (non-hydrogen) atoms. The van der Waals surface area contributed by atoms with Gasteiger partial charge >= 0.3 is 0 Å². The largest absolute Gasteiger partial charge is 0.391 e. The van der Waals surface area contributed by atoms with Gasteiger partial charge < -0.3 is 5.11 Å². The lowest BCUT2D eigenvalue weighted by molar-refractivity contribution is 0.141. The zero-order chi connectivity index (χ0) is 12.3. The van der Waals surface area contributed by atoms with Crippen LogP contribution in [-0.4, -0.2) is 23.8 Å². The summed E-state index contributed by atoms with van der Waals surface area (Å²) in [4.78, 5) is 0.219. The van der Waals surface area contributed by atoms with Gasteiger partial charge in [0.2, 0.25) is 0 Å². The van der Waals surface area contributed by atoms with Gasteiger partial charge in [-0.1, -0.05) is 48.0 Å². The van der Waals surface area contributed by atoms with E-state index in [0.717, 1.165) is 0 Å². The minimum absolute atomic E-state index is 0.122. The van der Waals surface area contributed by atoms with Gasteiger partial charge in [-0.05, 0) is 18.1 Å². The standard InChI is InChI=1S/C11H15BrO3S/c1-8(2)10(13)11(12)16(14,15)9-6-4-3-5-7-9/h3-8,10-11,13H,1-2H3. The summed E-state index contributed by atoms with van der Waals surface area (Å²) in [6, 6.07) is 8.12. The third-order valence-electron chi connectivity index (χ3n) is 2.32. The van der Waals surface area contributed by atoms with Crippen molar-refractivity contribution in [2.45, 2.75) is 29.0 Å². The van der Waals surface area contributed by atoms with Gasteiger partial charge in [0.15, 0.2) is 9.84 Å². The molecule has 90 valence electrons. The van der Waals surface area contributed by atoms with Crippen LogP contribution in [0.5, 0.6) is 0 Å². The predicted octanol–water partition coefficient (Wildman–Crippen LogP) is 2.20. The summed E-state index contributed by atoms with van der Waals surface area (Å²) in [5.41, 5.74) is 0. The molecule has 0 amide bonds. The van der Waals surface area contributed by atoms with E-state index < -0.39 is 20.1 Å². The molecule has 3 nitrogen and oxygen atoms in total. The fraction of sp³-hybridized carbons (Fsp3) is 0.455. The molecule has 5 heteroatoms. The molecule has 0 bridgehead atoms. The molecule has 0 spiro atoms. The molecule has 2 unspecified atom stereocenters. The lowest BCUT2D eigenvalue weighted by atomic mass is 10.1. The number of alkyl halides is 1. The maximum absolute atomic E-state index is 12.1. The summed E-state index contributed by atoms with van der Waals surface area (Å²) < 4.78 is 23.2. The average Bonchev–Trinajstić information content (AvgIpc) is 2.28. The molecule has 1 rings (SSSR count). The van der Waals surface area contributed by atoms with Crippen LogP contribution in [0.4, 0.5) is 0 Å². The Hall–Kier alpha value is -0.390. The predicted molar refractivity (Wildman–Crippen MR) is 67.2 cm³/mol. The first kappa shape index (κ1) is 13.7. The van der Waals surface area contributed by atoms with Crippen molar-refractivity contribution in [3.8, 4) is 0 Å². The van der Waals surface area contributed by atoms with E-state index in [2.05, 4.69) is 15.9 Å². The van der Waals surface area contributed by atoms with Gasteiger partial charge in [-0.3, -0.25) is 0 Å². The van der Waals surface area contributed by atoms with Crippen LogP contribution >= 0.6 is 15.9 Å². The van der Waals surface area contributed by atoms with Crippen LogP contribution < -0.4 is 0 Å². The van der Waals surface area contributed by atoms with E-state index in [0.29, 0.717) is 0 Å². The molecule has 1 aromatic rings. The third-order valence-corrected chi connectivity index (χ3v) is 6.14. The number of hydrogen-bond acceptors (Lipinski definition) is 3. The van der Waals surface area contributed by atoms with Gasteiger partial charge in [-0.15, -0.1) is 0 Å². The minimum atomic E-state index is -3.52. The Morgan fingerprint density at radius 1 is 1.19 bits per heavy atom. The highest BCUT2D eigenvalue weighted by atomic mass is 79.9. The highest BCUT2D eigenvalue weighted by molar-refractivity contribution is 9.11. The first-order valence-electron chi connectivity index (χ1n) is 4.98. The molecule has 0 fully saturated rings. The zero-order valence-corrected chi connectivity index (χ0v) is 11.6. The molecular weight excluding hydrogens is 292 g/mol. The molecule has 2 atom stereocenters. The molecular formula is C11H15BrO3S. The van der Waals surface area contributed by atoms with Crippen LogP contribution in [-0.2, 0) is 9.84 Å². The lowest BCUT2D eigenvalue weighted by Gasteiger charge is -2.20. The van der Waals surface area contributed by atoms with Gasteiger partial charge in [0.1, 0.15) is 4.16 Å². The van der Waals surface area contributed by atoms with Gasteiger partial charge in [-0.25, -0.2) is 8.42 Å². The first-order chi connectivity index (χ1) is 7.37. The molecule has 0 aliphatic carbocycles. The molecule has 1 aromatic carbocycles. The Balaban J connectivity index is 3.04. The van der Waals surface area contributed by atoms with E-state index >= 15 is 0 Å². The van der Waals surface area contributed by atoms with E-state index in [9.17, 15) is 13.5 Å². The Morgan fingerprint density at radius 2 is 1.69 bits per heavy atom. The van der Waals surface area contributed by atoms with Crippen molar-refractivity contribution >= 4 is 25.8 Å². The molecule has 0 saturated carbocycles. The van der Waals surface area contributed by atoms with Crippen LogP contribution in [0.15, 0.2) is 35.2 Å². The second-order valence-electron chi connectivity index (χ2n) is 3.94. The van der Waals surface area contributed by atoms with Crippen molar-refractivity contribution < 1.29 is 13.5 Å². The second-order valence-corrected chi connectivity index (χ2v) is 7.61. The Bertz CT molecular complexity index is 428. The Morgan fingerprint density at radius 3 is 2.12 bits per heavy atom. The van der Waals surface area contributed by atoms with Gasteiger partial charge in [0, 0.05) is 0 Å². The van der Waals surface area contributed by atoms with Crippen LogP contribution in [0.3, 0.4) is 0 Å². The number of aliphatic hydroxyl groups is 1. The molecule has 0 radical (unpaired) electrons. The van der Waals surface area contributed by atoms with Crippen molar-refractivity contribution in [2.24, 2.45) is 5.92 Å². The van der Waals surface area contributed by atoms with Crippen LogP contribution in [0.2, 0.25) is 0 Å². The number of hydrogen-bond donors (Lipinski definition) is 1.